The predicted octanol–water partition coefficient (Wildman–Crippen LogP) is 3.95. The number of hydrogen-bond acceptors (Lipinski definition) is 5. The smallest absolute Gasteiger partial charge is 0.282 e. The molecule has 5 rings (SSSR count). The van der Waals surface area contributed by atoms with E-state index in [2.05, 4.69) is 5.32 Å². The van der Waals surface area contributed by atoms with Crippen LogP contribution < -0.4 is 19.7 Å². The van der Waals surface area contributed by atoms with Crippen molar-refractivity contribution in [3.05, 3.63) is 89.9 Å². The van der Waals surface area contributed by atoms with Gasteiger partial charge in [-0.2, -0.15) is 0 Å². The lowest BCUT2D eigenvalue weighted by Crippen LogP contribution is -2.33. The van der Waals surface area contributed by atoms with Crippen LogP contribution in [-0.2, 0) is 9.59 Å². The number of nitrogens with one attached hydrogen (secondary N) is 1. The average molecular weight is 402 g/mol. The van der Waals surface area contributed by atoms with E-state index in [4.69, 9.17) is 9.47 Å². The molecule has 0 atom stereocenters. The van der Waals surface area contributed by atoms with Crippen LogP contribution in [0.1, 0.15) is 5.56 Å². The molecule has 2 amide bonds. The van der Waals surface area contributed by atoms with E-state index in [9.17, 15) is 14.0 Å². The normalized spacial score (nSPS) is 15.2. The number of carbonyl (C=O) groups excluding carboxylic acids is 2. The minimum Gasteiger partial charge on any atom is -0.454 e. The van der Waals surface area contributed by atoms with Crippen LogP contribution in [0.15, 0.2) is 78.5 Å². The second-order valence-corrected chi connectivity index (χ2v) is 6.71. The standard InChI is InChI=1S/C23H15FN2O4/c24-16-8-4-5-9-17(16)26-22(27)20(14-6-2-1-3-7-14)21(23(26)28)25-15-10-11-18-19(12-15)30-13-29-18/h1-12,25H,13H2. The van der Waals surface area contributed by atoms with E-state index in [-0.39, 0.29) is 23.8 Å². The minimum absolute atomic E-state index is 0.0633. The third kappa shape index (κ3) is 2.88. The van der Waals surface area contributed by atoms with Crippen LogP contribution in [0.25, 0.3) is 5.57 Å². The number of fused-ring (bicyclic) bond motifs is 1. The van der Waals surface area contributed by atoms with Gasteiger partial charge >= 0.3 is 0 Å². The Hall–Kier alpha value is -4.13. The maximum absolute atomic E-state index is 14.4. The van der Waals surface area contributed by atoms with E-state index in [0.29, 0.717) is 22.7 Å². The highest BCUT2D eigenvalue weighted by Gasteiger charge is 2.41. The molecule has 2 aliphatic heterocycles. The topological polar surface area (TPSA) is 67.9 Å². The number of ether oxygens (including phenoxy) is 2. The number of halogens is 1. The van der Waals surface area contributed by atoms with E-state index in [1.54, 1.807) is 48.5 Å². The number of hydrogen-bond donors (Lipinski definition) is 1. The van der Waals surface area contributed by atoms with E-state index < -0.39 is 17.6 Å². The highest BCUT2D eigenvalue weighted by atomic mass is 19.1. The second-order valence-electron chi connectivity index (χ2n) is 6.71. The first-order valence-corrected chi connectivity index (χ1v) is 9.23. The van der Waals surface area contributed by atoms with Gasteiger partial charge in [0.25, 0.3) is 11.8 Å². The summed E-state index contributed by atoms with van der Waals surface area (Å²) in [7, 11) is 0. The summed E-state index contributed by atoms with van der Waals surface area (Å²) < 4.78 is 25.1. The van der Waals surface area contributed by atoms with Crippen molar-refractivity contribution in [1.29, 1.82) is 0 Å². The number of para-hydroxylation sites is 1. The molecule has 30 heavy (non-hydrogen) atoms. The third-order valence-corrected chi connectivity index (χ3v) is 4.88. The summed E-state index contributed by atoms with van der Waals surface area (Å²) in [5.74, 6) is -0.763. The summed E-state index contributed by atoms with van der Waals surface area (Å²) in [5, 5.41) is 3.03. The molecule has 0 unspecified atom stereocenters. The van der Waals surface area contributed by atoms with Gasteiger partial charge in [-0.05, 0) is 29.8 Å². The maximum atomic E-state index is 14.4. The molecule has 6 nitrogen and oxygen atoms in total. The van der Waals surface area contributed by atoms with Crippen molar-refractivity contribution >= 4 is 28.8 Å². The van der Waals surface area contributed by atoms with Gasteiger partial charge in [-0.15, -0.1) is 0 Å². The Morgan fingerprint density at radius 2 is 1.57 bits per heavy atom. The number of carbonyl (C=O) groups is 2. The van der Waals surface area contributed by atoms with Gasteiger partial charge in [-0.3, -0.25) is 9.59 Å². The van der Waals surface area contributed by atoms with E-state index >= 15 is 0 Å². The van der Waals surface area contributed by atoms with Crippen molar-refractivity contribution in [3.8, 4) is 11.5 Å². The molecule has 148 valence electrons. The fraction of sp³-hybridized carbons (Fsp3) is 0.0435. The van der Waals surface area contributed by atoms with E-state index in [0.717, 1.165) is 4.90 Å². The fourth-order valence-corrected chi connectivity index (χ4v) is 3.49. The highest BCUT2D eigenvalue weighted by molar-refractivity contribution is 6.46. The molecule has 0 radical (unpaired) electrons. The van der Waals surface area contributed by atoms with Gasteiger partial charge in [-0.25, -0.2) is 9.29 Å². The summed E-state index contributed by atoms with van der Waals surface area (Å²) in [6, 6.07) is 19.6. The van der Waals surface area contributed by atoms with Crippen LogP contribution in [0.4, 0.5) is 15.8 Å². The lowest BCUT2D eigenvalue weighted by Gasteiger charge is -2.16. The van der Waals surface area contributed by atoms with Gasteiger partial charge < -0.3 is 14.8 Å². The molecular formula is C23H15FN2O4. The Balaban J connectivity index is 1.60. The molecule has 0 saturated carbocycles. The zero-order valence-corrected chi connectivity index (χ0v) is 15.6. The van der Waals surface area contributed by atoms with Crippen molar-refractivity contribution in [2.24, 2.45) is 0 Å². The number of nitrogens with zero attached hydrogens (tertiary/aromatic N) is 1. The summed E-state index contributed by atoms with van der Waals surface area (Å²) in [6.45, 7) is 0.120. The van der Waals surface area contributed by atoms with Crippen molar-refractivity contribution in [2.75, 3.05) is 17.0 Å². The molecule has 0 fully saturated rings. The number of imide groups is 1. The molecule has 0 aromatic heterocycles. The molecule has 1 N–H and O–H groups in total. The van der Waals surface area contributed by atoms with Gasteiger partial charge in [0.15, 0.2) is 11.5 Å². The van der Waals surface area contributed by atoms with Crippen LogP contribution in [0.3, 0.4) is 0 Å². The Bertz CT molecular complexity index is 1210. The molecule has 3 aromatic rings. The zero-order valence-electron chi connectivity index (χ0n) is 15.6. The first-order chi connectivity index (χ1) is 14.6. The molecule has 2 heterocycles. The van der Waals surface area contributed by atoms with Gasteiger partial charge in [-0.1, -0.05) is 42.5 Å². The molecule has 7 heteroatoms. The molecule has 0 saturated heterocycles. The van der Waals surface area contributed by atoms with E-state index in [1.165, 1.54) is 18.2 Å². The quantitative estimate of drug-likeness (QED) is 0.670. The first-order valence-electron chi connectivity index (χ1n) is 9.23. The third-order valence-electron chi connectivity index (χ3n) is 4.88. The Morgan fingerprint density at radius 1 is 0.833 bits per heavy atom. The Labute approximate surface area is 171 Å². The van der Waals surface area contributed by atoms with Crippen LogP contribution in [-0.4, -0.2) is 18.6 Å². The number of rotatable bonds is 4. The molecule has 0 aliphatic carbocycles. The lowest BCUT2D eigenvalue weighted by molar-refractivity contribution is -0.120. The van der Waals surface area contributed by atoms with Crippen molar-refractivity contribution in [1.82, 2.24) is 0 Å². The van der Waals surface area contributed by atoms with Crippen LogP contribution >= 0.6 is 0 Å². The summed E-state index contributed by atoms with van der Waals surface area (Å²) in [6.07, 6.45) is 0. The molecule has 3 aromatic carbocycles. The molecule has 0 bridgehead atoms. The van der Waals surface area contributed by atoms with Crippen molar-refractivity contribution in [2.45, 2.75) is 0 Å². The van der Waals surface area contributed by atoms with Crippen molar-refractivity contribution in [3.63, 3.8) is 0 Å². The Kier molecular flexibility index (Phi) is 4.21. The number of amides is 2. The van der Waals surface area contributed by atoms with Crippen LogP contribution in [0.2, 0.25) is 0 Å². The lowest BCUT2D eigenvalue weighted by atomic mass is 10.0. The van der Waals surface area contributed by atoms with Crippen LogP contribution in [0, 0.1) is 5.82 Å². The number of benzene rings is 3. The average Bonchev–Trinajstić information content (AvgIpc) is 3.32. The molecular weight excluding hydrogens is 387 g/mol. The first kappa shape index (κ1) is 17.9. The van der Waals surface area contributed by atoms with Crippen LogP contribution in [0.5, 0.6) is 11.5 Å². The summed E-state index contributed by atoms with van der Waals surface area (Å²) >= 11 is 0. The SMILES string of the molecule is O=C1C(Nc2ccc3c(c2)OCO3)=C(c2ccccc2)C(=O)N1c1ccccc1F. The monoisotopic (exact) mass is 402 g/mol. The maximum Gasteiger partial charge on any atom is 0.282 e. The second kappa shape index (κ2) is 7.04. The van der Waals surface area contributed by atoms with Gasteiger partial charge in [0, 0.05) is 11.8 Å². The number of anilines is 2. The summed E-state index contributed by atoms with van der Waals surface area (Å²) in [5.41, 5.74) is 1.23. The highest BCUT2D eigenvalue weighted by Crippen LogP contribution is 2.38. The Morgan fingerprint density at radius 3 is 2.37 bits per heavy atom. The van der Waals surface area contributed by atoms with Crippen molar-refractivity contribution < 1.29 is 23.5 Å². The minimum atomic E-state index is -0.657. The molecule has 2 aliphatic rings. The van der Waals surface area contributed by atoms with Gasteiger partial charge in [0.05, 0.1) is 11.3 Å². The van der Waals surface area contributed by atoms with Gasteiger partial charge in [0.1, 0.15) is 11.5 Å². The zero-order chi connectivity index (χ0) is 20.7. The summed E-state index contributed by atoms with van der Waals surface area (Å²) in [4.78, 5) is 27.4. The van der Waals surface area contributed by atoms with E-state index in [1.807, 2.05) is 6.07 Å². The largest absolute Gasteiger partial charge is 0.454 e. The predicted molar refractivity (Wildman–Crippen MR) is 108 cm³/mol. The van der Waals surface area contributed by atoms with Gasteiger partial charge in [0.2, 0.25) is 6.79 Å². The molecule has 0 spiro atoms. The fourth-order valence-electron chi connectivity index (χ4n) is 3.49.